The summed E-state index contributed by atoms with van der Waals surface area (Å²) in [4.78, 5) is 15.7. The van der Waals surface area contributed by atoms with Crippen molar-refractivity contribution in [1.29, 1.82) is 0 Å². The van der Waals surface area contributed by atoms with Crippen molar-refractivity contribution < 1.29 is 9.53 Å². The van der Waals surface area contributed by atoms with Gasteiger partial charge in [0.25, 0.3) is 0 Å². The third-order valence-corrected chi connectivity index (χ3v) is 3.34. The van der Waals surface area contributed by atoms with Gasteiger partial charge in [-0.2, -0.15) is 0 Å². The van der Waals surface area contributed by atoms with E-state index in [4.69, 9.17) is 16.3 Å². The molecule has 1 aromatic carbocycles. The predicted molar refractivity (Wildman–Crippen MR) is 83.3 cm³/mol. The van der Waals surface area contributed by atoms with Gasteiger partial charge in [0.05, 0.1) is 6.61 Å². The van der Waals surface area contributed by atoms with Crippen LogP contribution in [0.2, 0.25) is 5.02 Å². The van der Waals surface area contributed by atoms with Crippen molar-refractivity contribution in [2.24, 2.45) is 0 Å². The Balaban J connectivity index is 1.62. The summed E-state index contributed by atoms with van der Waals surface area (Å²) in [6.07, 6.45) is 6.31. The van der Waals surface area contributed by atoms with E-state index in [2.05, 4.69) is 4.98 Å². The van der Waals surface area contributed by atoms with Crippen LogP contribution in [-0.4, -0.2) is 17.6 Å². The number of aryl methyl sites for hydroxylation is 2. The third kappa shape index (κ3) is 5.96. The maximum Gasteiger partial charge on any atom is 0.306 e. The van der Waals surface area contributed by atoms with Crippen LogP contribution in [-0.2, 0) is 22.4 Å². The van der Waals surface area contributed by atoms with Gasteiger partial charge in [-0.15, -0.1) is 0 Å². The zero-order valence-electron chi connectivity index (χ0n) is 11.8. The molecule has 0 N–H and O–H groups in total. The number of halogens is 1. The van der Waals surface area contributed by atoms with Crippen LogP contribution in [0.15, 0.2) is 48.8 Å². The Morgan fingerprint density at radius 3 is 2.76 bits per heavy atom. The van der Waals surface area contributed by atoms with Gasteiger partial charge in [0.2, 0.25) is 0 Å². The number of aromatic nitrogens is 1. The Hall–Kier alpha value is -1.87. The van der Waals surface area contributed by atoms with E-state index in [1.807, 2.05) is 42.6 Å². The zero-order valence-corrected chi connectivity index (χ0v) is 12.6. The number of nitrogens with zero attached hydrogens (tertiary/aromatic N) is 1. The molecular formula is C17H18ClNO2. The van der Waals surface area contributed by atoms with Crippen LogP contribution in [0.4, 0.5) is 0 Å². The summed E-state index contributed by atoms with van der Waals surface area (Å²) in [5, 5.41) is 0.692. The smallest absolute Gasteiger partial charge is 0.306 e. The number of ether oxygens (including phenoxy) is 1. The van der Waals surface area contributed by atoms with Crippen LogP contribution in [0.25, 0.3) is 0 Å². The molecule has 0 saturated carbocycles. The fourth-order valence-electron chi connectivity index (χ4n) is 2.02. The van der Waals surface area contributed by atoms with E-state index in [9.17, 15) is 4.79 Å². The average molecular weight is 304 g/mol. The molecule has 21 heavy (non-hydrogen) atoms. The van der Waals surface area contributed by atoms with E-state index in [1.165, 1.54) is 0 Å². The van der Waals surface area contributed by atoms with Gasteiger partial charge >= 0.3 is 5.97 Å². The number of carbonyl (C=O) groups excluding carboxylic acids is 1. The highest BCUT2D eigenvalue weighted by Crippen LogP contribution is 2.12. The van der Waals surface area contributed by atoms with Crippen molar-refractivity contribution in [1.82, 2.24) is 4.98 Å². The highest BCUT2D eigenvalue weighted by Gasteiger charge is 2.04. The predicted octanol–water partition coefficient (Wildman–Crippen LogP) is 3.84. The first kappa shape index (κ1) is 15.5. The quantitative estimate of drug-likeness (QED) is 0.576. The highest BCUT2D eigenvalue weighted by atomic mass is 35.5. The molecule has 1 aromatic heterocycles. The second kappa shape index (κ2) is 8.42. The third-order valence-electron chi connectivity index (χ3n) is 3.10. The van der Waals surface area contributed by atoms with Crippen molar-refractivity contribution >= 4 is 17.6 Å². The first-order valence-corrected chi connectivity index (χ1v) is 7.41. The van der Waals surface area contributed by atoms with Crippen LogP contribution in [0.5, 0.6) is 0 Å². The SMILES string of the molecule is O=C(CCc1cccc(Cl)c1)OCCCc1cccnc1. The summed E-state index contributed by atoms with van der Waals surface area (Å²) in [5.41, 5.74) is 2.21. The Morgan fingerprint density at radius 2 is 2.00 bits per heavy atom. The van der Waals surface area contributed by atoms with Gasteiger partial charge in [0, 0.05) is 23.8 Å². The molecule has 2 rings (SSSR count). The molecule has 0 spiro atoms. The molecular weight excluding hydrogens is 286 g/mol. The molecule has 0 aliphatic heterocycles. The summed E-state index contributed by atoms with van der Waals surface area (Å²) in [7, 11) is 0. The molecule has 0 aliphatic rings. The molecule has 0 saturated heterocycles. The number of hydrogen-bond donors (Lipinski definition) is 0. The number of esters is 1. The lowest BCUT2D eigenvalue weighted by molar-refractivity contribution is -0.143. The van der Waals surface area contributed by atoms with E-state index in [0.717, 1.165) is 24.0 Å². The topological polar surface area (TPSA) is 39.2 Å². The second-order valence-electron chi connectivity index (χ2n) is 4.82. The van der Waals surface area contributed by atoms with Crippen molar-refractivity contribution in [2.75, 3.05) is 6.61 Å². The van der Waals surface area contributed by atoms with Crippen LogP contribution in [0, 0.1) is 0 Å². The van der Waals surface area contributed by atoms with E-state index < -0.39 is 0 Å². The molecule has 110 valence electrons. The van der Waals surface area contributed by atoms with Gasteiger partial charge in [-0.1, -0.05) is 29.8 Å². The number of hydrogen-bond acceptors (Lipinski definition) is 3. The number of carbonyl (C=O) groups is 1. The average Bonchev–Trinajstić information content (AvgIpc) is 2.51. The number of benzene rings is 1. The molecule has 0 radical (unpaired) electrons. The van der Waals surface area contributed by atoms with Crippen LogP contribution in [0.1, 0.15) is 24.0 Å². The van der Waals surface area contributed by atoms with E-state index in [0.29, 0.717) is 24.5 Å². The first-order chi connectivity index (χ1) is 10.2. The lowest BCUT2D eigenvalue weighted by Gasteiger charge is -2.05. The minimum atomic E-state index is -0.166. The summed E-state index contributed by atoms with van der Waals surface area (Å²) >= 11 is 5.90. The Morgan fingerprint density at radius 1 is 1.14 bits per heavy atom. The molecule has 4 heteroatoms. The van der Waals surface area contributed by atoms with Gasteiger partial charge in [-0.3, -0.25) is 9.78 Å². The van der Waals surface area contributed by atoms with E-state index in [-0.39, 0.29) is 5.97 Å². The maximum absolute atomic E-state index is 11.6. The molecule has 0 atom stereocenters. The molecule has 0 unspecified atom stereocenters. The molecule has 1 heterocycles. The van der Waals surface area contributed by atoms with Gasteiger partial charge in [0.15, 0.2) is 0 Å². The zero-order chi connectivity index (χ0) is 14.9. The molecule has 0 fully saturated rings. The molecule has 0 aliphatic carbocycles. The molecule has 0 amide bonds. The Kier molecular flexibility index (Phi) is 6.22. The normalized spacial score (nSPS) is 10.3. The monoisotopic (exact) mass is 303 g/mol. The minimum absolute atomic E-state index is 0.166. The van der Waals surface area contributed by atoms with Crippen LogP contribution in [0.3, 0.4) is 0 Å². The largest absolute Gasteiger partial charge is 0.466 e. The molecule has 3 nitrogen and oxygen atoms in total. The minimum Gasteiger partial charge on any atom is -0.466 e. The van der Waals surface area contributed by atoms with E-state index >= 15 is 0 Å². The summed E-state index contributed by atoms with van der Waals surface area (Å²) in [6, 6.07) is 11.5. The van der Waals surface area contributed by atoms with Gasteiger partial charge in [-0.05, 0) is 48.6 Å². The van der Waals surface area contributed by atoms with Gasteiger partial charge in [-0.25, -0.2) is 0 Å². The standard InChI is InChI=1S/C17H18ClNO2/c18-16-7-1-4-14(12-16)8-9-17(20)21-11-3-6-15-5-2-10-19-13-15/h1-2,4-5,7,10,12-13H,3,6,8-9,11H2. The number of pyridine rings is 1. The lowest BCUT2D eigenvalue weighted by Crippen LogP contribution is -2.07. The summed E-state index contributed by atoms with van der Waals surface area (Å²) < 4.78 is 5.22. The van der Waals surface area contributed by atoms with Crippen molar-refractivity contribution in [3.05, 3.63) is 64.9 Å². The Labute approximate surface area is 129 Å². The fraction of sp³-hybridized carbons (Fsp3) is 0.294. The number of rotatable bonds is 7. The highest BCUT2D eigenvalue weighted by molar-refractivity contribution is 6.30. The summed E-state index contributed by atoms with van der Waals surface area (Å²) in [6.45, 7) is 0.448. The van der Waals surface area contributed by atoms with Crippen molar-refractivity contribution in [3.63, 3.8) is 0 Å². The van der Waals surface area contributed by atoms with Crippen molar-refractivity contribution in [2.45, 2.75) is 25.7 Å². The molecule has 0 bridgehead atoms. The van der Waals surface area contributed by atoms with Gasteiger partial charge in [0.1, 0.15) is 0 Å². The summed E-state index contributed by atoms with van der Waals surface area (Å²) in [5.74, 6) is -0.166. The van der Waals surface area contributed by atoms with Crippen molar-refractivity contribution in [3.8, 4) is 0 Å². The molecule has 2 aromatic rings. The Bertz CT molecular complexity index is 572. The maximum atomic E-state index is 11.6. The van der Waals surface area contributed by atoms with Crippen LogP contribution < -0.4 is 0 Å². The lowest BCUT2D eigenvalue weighted by atomic mass is 10.1. The second-order valence-corrected chi connectivity index (χ2v) is 5.25. The van der Waals surface area contributed by atoms with Gasteiger partial charge < -0.3 is 4.74 Å². The first-order valence-electron chi connectivity index (χ1n) is 7.03. The van der Waals surface area contributed by atoms with Crippen LogP contribution >= 0.6 is 11.6 Å². The fourth-order valence-corrected chi connectivity index (χ4v) is 2.23. The van der Waals surface area contributed by atoms with E-state index in [1.54, 1.807) is 6.20 Å².